The van der Waals surface area contributed by atoms with Gasteiger partial charge in [0, 0.05) is 38.0 Å². The number of benzene rings is 1. The first-order valence-corrected chi connectivity index (χ1v) is 11.2. The van der Waals surface area contributed by atoms with Gasteiger partial charge in [0.15, 0.2) is 5.16 Å². The van der Waals surface area contributed by atoms with E-state index in [1.165, 1.54) is 21.7 Å². The molecule has 0 saturated carbocycles. The number of aryl methyl sites for hydroxylation is 1. The Hall–Kier alpha value is -1.84. The van der Waals surface area contributed by atoms with Gasteiger partial charge in [-0.25, -0.2) is 18.4 Å². The van der Waals surface area contributed by atoms with Crippen molar-refractivity contribution in [1.29, 1.82) is 0 Å². The predicted molar refractivity (Wildman–Crippen MR) is 106 cm³/mol. The first-order chi connectivity index (χ1) is 12.3. The van der Waals surface area contributed by atoms with E-state index in [4.69, 9.17) is 5.73 Å². The van der Waals surface area contributed by atoms with E-state index < -0.39 is 10.0 Å². The molecule has 0 atom stereocenters. The van der Waals surface area contributed by atoms with E-state index in [0.29, 0.717) is 37.2 Å². The summed E-state index contributed by atoms with van der Waals surface area (Å²) in [6, 6.07) is 9.97. The first kappa shape index (κ1) is 18.9. The van der Waals surface area contributed by atoms with E-state index in [1.807, 2.05) is 12.1 Å². The van der Waals surface area contributed by atoms with E-state index in [2.05, 4.69) is 33.9 Å². The minimum absolute atomic E-state index is 0.424. The number of hydrogen-bond donors (Lipinski definition) is 1. The number of aromatic nitrogens is 2. The van der Waals surface area contributed by atoms with Crippen molar-refractivity contribution >= 4 is 33.4 Å². The summed E-state index contributed by atoms with van der Waals surface area (Å²) in [5, 5.41) is 0.633. The maximum Gasteiger partial charge on any atom is 0.211 e. The zero-order valence-electron chi connectivity index (χ0n) is 14.9. The topological polar surface area (TPSA) is 92.4 Å². The summed E-state index contributed by atoms with van der Waals surface area (Å²) in [5.74, 6) is 1.95. The maximum absolute atomic E-state index is 11.6. The van der Waals surface area contributed by atoms with Gasteiger partial charge >= 0.3 is 0 Å². The summed E-state index contributed by atoms with van der Waals surface area (Å²) in [5.41, 5.74) is 8.44. The summed E-state index contributed by atoms with van der Waals surface area (Å²) in [6.07, 6.45) is 1.24. The van der Waals surface area contributed by atoms with Crippen molar-refractivity contribution in [1.82, 2.24) is 14.3 Å². The first-order valence-electron chi connectivity index (χ1n) is 8.35. The highest BCUT2D eigenvalue weighted by Gasteiger charge is 2.24. The number of thioether (sulfide) groups is 1. The standard InChI is InChI=1S/C17H23N5O2S2/c1-13-5-3-4-6-14(13)12-25-17-19-15(18)11-16(20-17)21-7-9-22(10-8-21)26(2,23)24/h3-6,11H,7-10,12H2,1-2H3,(H2,18,19,20). The van der Waals surface area contributed by atoms with E-state index in [-0.39, 0.29) is 0 Å². The molecule has 0 spiro atoms. The summed E-state index contributed by atoms with van der Waals surface area (Å²) in [4.78, 5) is 11.0. The number of nitrogen functional groups attached to an aromatic ring is 1. The van der Waals surface area contributed by atoms with E-state index in [0.717, 1.165) is 11.6 Å². The van der Waals surface area contributed by atoms with Gasteiger partial charge in [-0.3, -0.25) is 0 Å². The van der Waals surface area contributed by atoms with Gasteiger partial charge in [0.1, 0.15) is 11.6 Å². The lowest BCUT2D eigenvalue weighted by Gasteiger charge is -2.34. The van der Waals surface area contributed by atoms with Crippen LogP contribution in [-0.4, -0.2) is 55.1 Å². The molecule has 3 rings (SSSR count). The lowest BCUT2D eigenvalue weighted by atomic mass is 10.1. The Morgan fingerprint density at radius 2 is 1.85 bits per heavy atom. The third-order valence-corrected chi connectivity index (χ3v) is 6.56. The minimum Gasteiger partial charge on any atom is -0.383 e. The van der Waals surface area contributed by atoms with Gasteiger partial charge in [0.25, 0.3) is 0 Å². The van der Waals surface area contributed by atoms with E-state index >= 15 is 0 Å². The molecule has 0 unspecified atom stereocenters. The summed E-state index contributed by atoms with van der Waals surface area (Å²) < 4.78 is 24.8. The second-order valence-electron chi connectivity index (χ2n) is 6.30. The molecule has 7 nitrogen and oxygen atoms in total. The number of rotatable bonds is 5. The largest absolute Gasteiger partial charge is 0.383 e. The number of hydrogen-bond acceptors (Lipinski definition) is 7. The third kappa shape index (κ3) is 4.66. The fourth-order valence-electron chi connectivity index (χ4n) is 2.82. The van der Waals surface area contributed by atoms with Gasteiger partial charge in [-0.05, 0) is 18.1 Å². The average Bonchev–Trinajstić information content (AvgIpc) is 2.60. The number of nitrogens with two attached hydrogens (primary N) is 1. The third-order valence-electron chi connectivity index (χ3n) is 4.36. The molecule has 0 aliphatic carbocycles. The molecule has 26 heavy (non-hydrogen) atoms. The number of anilines is 2. The lowest BCUT2D eigenvalue weighted by molar-refractivity contribution is 0.386. The van der Waals surface area contributed by atoms with Crippen molar-refractivity contribution in [2.75, 3.05) is 43.1 Å². The Morgan fingerprint density at radius 3 is 2.50 bits per heavy atom. The van der Waals surface area contributed by atoms with E-state index in [1.54, 1.807) is 17.8 Å². The average molecular weight is 394 g/mol. The van der Waals surface area contributed by atoms with Crippen LogP contribution in [0.15, 0.2) is 35.5 Å². The molecule has 1 aliphatic rings. The van der Waals surface area contributed by atoms with Gasteiger partial charge in [-0.15, -0.1) is 0 Å². The molecule has 0 amide bonds. The maximum atomic E-state index is 11.6. The van der Waals surface area contributed by atoms with Crippen molar-refractivity contribution in [2.45, 2.75) is 17.8 Å². The van der Waals surface area contributed by atoms with Gasteiger partial charge in [-0.1, -0.05) is 36.0 Å². The zero-order valence-corrected chi connectivity index (χ0v) is 16.6. The minimum atomic E-state index is -3.15. The van der Waals surface area contributed by atoms with Crippen LogP contribution in [0.25, 0.3) is 0 Å². The molecule has 1 aromatic carbocycles. The SMILES string of the molecule is Cc1ccccc1CSc1nc(N)cc(N2CCN(S(C)(=O)=O)CC2)n1. The van der Waals surface area contributed by atoms with Crippen molar-refractivity contribution in [3.05, 3.63) is 41.5 Å². The molecule has 2 heterocycles. The molecule has 1 saturated heterocycles. The Balaban J connectivity index is 1.69. The van der Waals surface area contributed by atoms with Gasteiger partial charge in [0.05, 0.1) is 6.26 Å². The Labute approximate surface area is 158 Å². The lowest BCUT2D eigenvalue weighted by Crippen LogP contribution is -2.48. The molecule has 2 N–H and O–H groups in total. The molecule has 2 aromatic rings. The predicted octanol–water partition coefficient (Wildman–Crippen LogP) is 1.74. The van der Waals surface area contributed by atoms with Gasteiger partial charge in [0.2, 0.25) is 10.0 Å². The van der Waals surface area contributed by atoms with Gasteiger partial charge in [-0.2, -0.15) is 4.31 Å². The Kier molecular flexibility index (Phi) is 5.69. The summed E-state index contributed by atoms with van der Waals surface area (Å²) >= 11 is 1.55. The molecular formula is C17H23N5O2S2. The molecule has 1 aliphatic heterocycles. The fraction of sp³-hybridized carbons (Fsp3) is 0.412. The molecule has 0 bridgehead atoms. The molecule has 9 heteroatoms. The van der Waals surface area contributed by atoms with Crippen molar-refractivity contribution < 1.29 is 8.42 Å². The van der Waals surface area contributed by atoms with Crippen LogP contribution in [0.2, 0.25) is 0 Å². The van der Waals surface area contributed by atoms with Crippen LogP contribution < -0.4 is 10.6 Å². The monoisotopic (exact) mass is 393 g/mol. The molecular weight excluding hydrogens is 370 g/mol. The summed E-state index contributed by atoms with van der Waals surface area (Å²) in [6.45, 7) is 4.17. The van der Waals surface area contributed by atoms with Crippen LogP contribution in [-0.2, 0) is 15.8 Å². The quantitative estimate of drug-likeness (QED) is 0.611. The smallest absolute Gasteiger partial charge is 0.211 e. The van der Waals surface area contributed by atoms with Crippen LogP contribution in [0.4, 0.5) is 11.6 Å². The number of piperazine rings is 1. The number of nitrogens with zero attached hydrogens (tertiary/aromatic N) is 4. The number of sulfonamides is 1. The highest BCUT2D eigenvalue weighted by molar-refractivity contribution is 7.98. The second kappa shape index (κ2) is 7.81. The Bertz CT molecular complexity index is 880. The van der Waals surface area contributed by atoms with Crippen LogP contribution in [0.1, 0.15) is 11.1 Å². The molecule has 1 fully saturated rings. The van der Waals surface area contributed by atoms with Crippen molar-refractivity contribution in [3.8, 4) is 0 Å². The van der Waals surface area contributed by atoms with Crippen molar-refractivity contribution in [2.24, 2.45) is 0 Å². The van der Waals surface area contributed by atoms with Crippen LogP contribution in [0.3, 0.4) is 0 Å². The second-order valence-corrected chi connectivity index (χ2v) is 9.22. The van der Waals surface area contributed by atoms with E-state index in [9.17, 15) is 8.42 Å². The fourth-order valence-corrected chi connectivity index (χ4v) is 4.58. The highest BCUT2D eigenvalue weighted by atomic mass is 32.2. The zero-order chi connectivity index (χ0) is 18.7. The summed E-state index contributed by atoms with van der Waals surface area (Å²) in [7, 11) is -3.15. The van der Waals surface area contributed by atoms with Crippen molar-refractivity contribution in [3.63, 3.8) is 0 Å². The van der Waals surface area contributed by atoms with Gasteiger partial charge < -0.3 is 10.6 Å². The highest BCUT2D eigenvalue weighted by Crippen LogP contribution is 2.25. The molecule has 0 radical (unpaired) electrons. The molecule has 140 valence electrons. The normalized spacial score (nSPS) is 16.0. The van der Waals surface area contributed by atoms with Crippen LogP contribution in [0, 0.1) is 6.92 Å². The van der Waals surface area contributed by atoms with Crippen LogP contribution in [0.5, 0.6) is 0 Å². The Morgan fingerprint density at radius 1 is 1.15 bits per heavy atom. The molecule has 1 aromatic heterocycles. The van der Waals surface area contributed by atoms with Crippen LogP contribution >= 0.6 is 11.8 Å².